The number of piperidine rings is 1. The van der Waals surface area contributed by atoms with Gasteiger partial charge in [0.25, 0.3) is 0 Å². The van der Waals surface area contributed by atoms with Gasteiger partial charge in [0.05, 0.1) is 0 Å². The molecule has 0 aromatic heterocycles. The molecule has 2 saturated heterocycles. The van der Waals surface area contributed by atoms with E-state index in [1.165, 1.54) is 58.0 Å². The highest BCUT2D eigenvalue weighted by atomic mass is 127. The van der Waals surface area contributed by atoms with Crippen LogP contribution < -0.4 is 10.6 Å². The van der Waals surface area contributed by atoms with Crippen LogP contribution in [-0.4, -0.2) is 76.1 Å². The molecule has 1 atom stereocenters. The zero-order chi connectivity index (χ0) is 19.4. The predicted molar refractivity (Wildman–Crippen MR) is 130 cm³/mol. The summed E-state index contributed by atoms with van der Waals surface area (Å²) in [6, 6.07) is 1.34. The Kier molecular flexibility index (Phi) is 12.8. The van der Waals surface area contributed by atoms with Crippen LogP contribution in [0.1, 0.15) is 64.2 Å². The number of hydrogen-bond donors (Lipinski definition) is 2. The number of nitrogens with one attached hydrogen (secondary N) is 2. The Morgan fingerprint density at radius 2 is 1.86 bits per heavy atom. The van der Waals surface area contributed by atoms with Gasteiger partial charge in [0.2, 0.25) is 0 Å². The van der Waals surface area contributed by atoms with Crippen LogP contribution in [-0.2, 0) is 9.47 Å². The molecule has 2 N–H and O–H groups in total. The van der Waals surface area contributed by atoms with Gasteiger partial charge in [-0.05, 0) is 57.4 Å². The van der Waals surface area contributed by atoms with Crippen molar-refractivity contribution >= 4 is 29.9 Å². The molecule has 29 heavy (non-hydrogen) atoms. The number of likely N-dealkylation sites (tertiary alicyclic amines) is 1. The van der Waals surface area contributed by atoms with Crippen molar-refractivity contribution in [2.24, 2.45) is 10.9 Å². The predicted octanol–water partition coefficient (Wildman–Crippen LogP) is 3.40. The van der Waals surface area contributed by atoms with E-state index in [1.54, 1.807) is 0 Å². The van der Waals surface area contributed by atoms with Crippen molar-refractivity contribution in [3.8, 4) is 0 Å². The quantitative estimate of drug-likeness (QED) is 0.222. The zero-order valence-electron chi connectivity index (χ0n) is 18.4. The van der Waals surface area contributed by atoms with Gasteiger partial charge in [-0.1, -0.05) is 19.3 Å². The normalized spacial score (nSPS) is 25.4. The maximum absolute atomic E-state index is 5.86. The van der Waals surface area contributed by atoms with Crippen LogP contribution in [0, 0.1) is 5.92 Å². The lowest BCUT2D eigenvalue weighted by Gasteiger charge is -2.40. The summed E-state index contributed by atoms with van der Waals surface area (Å²) in [4.78, 5) is 7.17. The molecular weight excluding hydrogens is 479 g/mol. The Bertz CT molecular complexity index is 454. The van der Waals surface area contributed by atoms with E-state index >= 15 is 0 Å². The third-order valence-electron chi connectivity index (χ3n) is 6.56. The molecule has 2 aliphatic heterocycles. The average molecular weight is 523 g/mol. The fourth-order valence-electron chi connectivity index (χ4n) is 4.83. The highest BCUT2D eigenvalue weighted by molar-refractivity contribution is 14.0. The summed E-state index contributed by atoms with van der Waals surface area (Å²) in [5.41, 5.74) is 0. The van der Waals surface area contributed by atoms with Gasteiger partial charge in [0.15, 0.2) is 5.96 Å². The third kappa shape index (κ3) is 9.27. The van der Waals surface area contributed by atoms with Crippen LogP contribution in [0.4, 0.5) is 0 Å². The Hall–Kier alpha value is -0.120. The number of guanidine groups is 1. The lowest BCUT2D eigenvalue weighted by Crippen LogP contribution is -2.53. The second-order valence-corrected chi connectivity index (χ2v) is 8.75. The number of hydrogen-bond acceptors (Lipinski definition) is 4. The van der Waals surface area contributed by atoms with Crippen molar-refractivity contribution in [3.05, 3.63) is 0 Å². The van der Waals surface area contributed by atoms with Crippen LogP contribution in [0.5, 0.6) is 0 Å². The van der Waals surface area contributed by atoms with Crippen molar-refractivity contribution in [1.29, 1.82) is 0 Å². The minimum atomic E-state index is 0. The van der Waals surface area contributed by atoms with Gasteiger partial charge in [-0.25, -0.2) is 0 Å². The van der Waals surface area contributed by atoms with Gasteiger partial charge in [-0.3, -0.25) is 9.89 Å². The molecule has 3 rings (SSSR count). The Labute approximate surface area is 195 Å². The SMILES string of the molecule is CN=C(NCCCOCC1CCOCC1)NC1CCCN(C2CCCCC2)C1.I. The topological polar surface area (TPSA) is 58.1 Å². The van der Waals surface area contributed by atoms with Crippen molar-refractivity contribution in [1.82, 2.24) is 15.5 Å². The standard InChI is InChI=1S/C22H42N4O2.HI/c1-23-22(24-12-6-14-28-18-19-10-15-27-16-11-19)25-20-7-5-13-26(17-20)21-8-3-2-4-9-21;/h19-21H,2-18H2,1H3,(H2,23,24,25);1H. The lowest BCUT2D eigenvalue weighted by atomic mass is 9.92. The molecule has 0 bridgehead atoms. The van der Waals surface area contributed by atoms with E-state index in [1.807, 2.05) is 7.05 Å². The van der Waals surface area contributed by atoms with Crippen LogP contribution in [0.3, 0.4) is 0 Å². The Morgan fingerprint density at radius 3 is 2.62 bits per heavy atom. The van der Waals surface area contributed by atoms with Gasteiger partial charge in [0.1, 0.15) is 0 Å². The van der Waals surface area contributed by atoms with E-state index in [-0.39, 0.29) is 24.0 Å². The molecule has 7 heteroatoms. The molecule has 1 aliphatic carbocycles. The first-order valence-corrected chi connectivity index (χ1v) is 11.7. The fourth-order valence-corrected chi connectivity index (χ4v) is 4.83. The first-order chi connectivity index (χ1) is 13.8. The van der Waals surface area contributed by atoms with Gasteiger partial charge in [0, 0.05) is 58.6 Å². The summed E-state index contributed by atoms with van der Waals surface area (Å²) < 4.78 is 11.3. The highest BCUT2D eigenvalue weighted by Crippen LogP contribution is 2.25. The second-order valence-electron chi connectivity index (χ2n) is 8.75. The first-order valence-electron chi connectivity index (χ1n) is 11.7. The van der Waals surface area contributed by atoms with Gasteiger partial charge in [-0.2, -0.15) is 0 Å². The molecule has 3 fully saturated rings. The van der Waals surface area contributed by atoms with Crippen molar-refractivity contribution in [2.75, 3.05) is 53.1 Å². The molecule has 170 valence electrons. The van der Waals surface area contributed by atoms with E-state index in [0.29, 0.717) is 12.0 Å². The molecule has 1 unspecified atom stereocenters. The van der Waals surface area contributed by atoms with Crippen LogP contribution >= 0.6 is 24.0 Å². The molecule has 0 spiro atoms. The average Bonchev–Trinajstić information content (AvgIpc) is 2.77. The maximum atomic E-state index is 5.86. The summed E-state index contributed by atoms with van der Waals surface area (Å²) in [6.45, 7) is 6.86. The van der Waals surface area contributed by atoms with Crippen LogP contribution in [0.15, 0.2) is 4.99 Å². The monoisotopic (exact) mass is 522 g/mol. The summed E-state index contributed by atoms with van der Waals surface area (Å²) in [6.07, 6.45) is 12.9. The van der Waals surface area contributed by atoms with E-state index < -0.39 is 0 Å². The summed E-state index contributed by atoms with van der Waals surface area (Å²) in [7, 11) is 1.87. The molecule has 0 radical (unpaired) electrons. The smallest absolute Gasteiger partial charge is 0.191 e. The number of halogens is 1. The van der Waals surface area contributed by atoms with Crippen molar-refractivity contribution in [2.45, 2.75) is 76.3 Å². The largest absolute Gasteiger partial charge is 0.381 e. The third-order valence-corrected chi connectivity index (χ3v) is 6.56. The van der Waals surface area contributed by atoms with E-state index in [0.717, 1.165) is 64.2 Å². The molecule has 0 amide bonds. The van der Waals surface area contributed by atoms with Gasteiger partial charge >= 0.3 is 0 Å². The minimum Gasteiger partial charge on any atom is -0.381 e. The summed E-state index contributed by atoms with van der Waals surface area (Å²) in [5.74, 6) is 1.63. The lowest BCUT2D eigenvalue weighted by molar-refractivity contribution is 0.0203. The zero-order valence-corrected chi connectivity index (χ0v) is 20.7. The van der Waals surface area contributed by atoms with Gasteiger partial charge in [-0.15, -0.1) is 24.0 Å². The number of aliphatic imine (C=N–C) groups is 1. The maximum Gasteiger partial charge on any atom is 0.191 e. The highest BCUT2D eigenvalue weighted by Gasteiger charge is 2.27. The van der Waals surface area contributed by atoms with Crippen molar-refractivity contribution in [3.63, 3.8) is 0 Å². The number of rotatable bonds is 8. The summed E-state index contributed by atoms with van der Waals surface area (Å²) in [5, 5.41) is 7.13. The molecule has 0 aromatic rings. The molecule has 3 aliphatic rings. The number of nitrogens with zero attached hydrogens (tertiary/aromatic N) is 2. The van der Waals surface area contributed by atoms with Crippen molar-refractivity contribution < 1.29 is 9.47 Å². The minimum absolute atomic E-state index is 0. The summed E-state index contributed by atoms with van der Waals surface area (Å²) >= 11 is 0. The molecule has 1 saturated carbocycles. The van der Waals surface area contributed by atoms with Crippen LogP contribution in [0.2, 0.25) is 0 Å². The number of ether oxygens (including phenoxy) is 2. The van der Waals surface area contributed by atoms with E-state index in [9.17, 15) is 0 Å². The second kappa shape index (κ2) is 14.8. The Morgan fingerprint density at radius 1 is 1.07 bits per heavy atom. The van der Waals surface area contributed by atoms with E-state index in [2.05, 4.69) is 20.5 Å². The molecule has 6 nitrogen and oxygen atoms in total. The Balaban J connectivity index is 0.00000300. The molecule has 0 aromatic carbocycles. The van der Waals surface area contributed by atoms with Gasteiger partial charge < -0.3 is 20.1 Å². The molecule has 2 heterocycles. The molecular formula is C22H43IN4O2. The van der Waals surface area contributed by atoms with E-state index in [4.69, 9.17) is 9.47 Å². The first kappa shape index (κ1) is 25.1. The fraction of sp³-hybridized carbons (Fsp3) is 0.955. The van der Waals surface area contributed by atoms with Crippen LogP contribution in [0.25, 0.3) is 0 Å².